The molecule has 0 fully saturated rings. The van der Waals surface area contributed by atoms with Crippen LogP contribution in [-0.2, 0) is 33.4 Å². The molecule has 288 valence electrons. The number of halogens is 1. The monoisotopic (exact) mass is 848 g/mol. The minimum atomic E-state index is -3.04. The molecule has 2 atom stereocenters. The van der Waals surface area contributed by atoms with Gasteiger partial charge in [-0.25, -0.2) is 0 Å². The molecule has 15 heteroatoms. The molecule has 0 spiro atoms. The number of nitrogens with one attached hydrogen (secondary N) is 3. The standard InChI is InChI=1S/C38H50BrN4O7PS2/c1-3-49-36(46)26-42-37(47)33(43-34(44)23-22-32(40)38(48)50-4-2)27-52-53-28-35(45)41-24-14-15-25-51(39,29-16-8-5-9-17-29,30-18-10-6-11-19-30)31-20-12-7-13-21-31/h5-13,16-21,32-33H,3-4,14-15,22-28,40H2,1-2H3,(H,41,45)(H,42,47)(H,43,44)/t32-,33-/m0/s1. The van der Waals surface area contributed by atoms with E-state index in [1.165, 1.54) is 37.5 Å². The first-order valence-corrected chi connectivity index (χ1v) is 24.5. The number of carbonyl (C=O) groups excluding carboxylic acids is 5. The number of hydrogen-bond acceptors (Lipinski definition) is 10. The number of carbonyl (C=O) groups is 5. The zero-order valence-corrected chi connectivity index (χ0v) is 34.3. The molecule has 3 amide bonds. The number of rotatable bonds is 23. The van der Waals surface area contributed by atoms with Crippen molar-refractivity contribution in [3.8, 4) is 0 Å². The van der Waals surface area contributed by atoms with Gasteiger partial charge in [0.1, 0.15) is 12.6 Å². The summed E-state index contributed by atoms with van der Waals surface area (Å²) in [6, 6.07) is 29.8. The maximum atomic E-state index is 12.9. The van der Waals surface area contributed by atoms with E-state index in [9.17, 15) is 24.0 Å². The minimum absolute atomic E-state index is 0.0354. The van der Waals surface area contributed by atoms with E-state index in [1.54, 1.807) is 13.8 Å². The normalized spacial score (nSPS) is 13.0. The van der Waals surface area contributed by atoms with Gasteiger partial charge in [-0.1, -0.05) is 0 Å². The van der Waals surface area contributed by atoms with Crippen molar-refractivity contribution < 1.29 is 33.4 Å². The summed E-state index contributed by atoms with van der Waals surface area (Å²) in [5.41, 5.74) is 5.80. The van der Waals surface area contributed by atoms with Gasteiger partial charge in [0.2, 0.25) is 5.91 Å². The van der Waals surface area contributed by atoms with E-state index in [-0.39, 0.29) is 50.0 Å². The first-order valence-electron chi connectivity index (χ1n) is 17.6. The van der Waals surface area contributed by atoms with Gasteiger partial charge in [-0.2, -0.15) is 0 Å². The van der Waals surface area contributed by atoms with Crippen molar-refractivity contribution in [3.05, 3.63) is 91.0 Å². The van der Waals surface area contributed by atoms with Crippen LogP contribution >= 0.6 is 42.4 Å². The molecular weight excluding hydrogens is 799 g/mol. The third-order valence-corrected chi connectivity index (χ3v) is 20.7. The van der Waals surface area contributed by atoms with E-state index in [2.05, 4.69) is 104 Å². The summed E-state index contributed by atoms with van der Waals surface area (Å²) in [4.78, 5) is 61.9. The molecule has 0 aliphatic heterocycles. The first-order chi connectivity index (χ1) is 25.5. The fourth-order valence-electron chi connectivity index (χ4n) is 5.67. The summed E-state index contributed by atoms with van der Waals surface area (Å²) in [6.07, 6.45) is 2.42. The number of esters is 2. The van der Waals surface area contributed by atoms with Gasteiger partial charge >= 0.3 is 232 Å². The summed E-state index contributed by atoms with van der Waals surface area (Å²) in [6.45, 7) is 3.80. The van der Waals surface area contributed by atoms with Crippen molar-refractivity contribution in [1.29, 1.82) is 0 Å². The fraction of sp³-hybridized carbons (Fsp3) is 0.395. The fourth-order valence-corrected chi connectivity index (χ4v) is 15.4. The molecule has 0 aromatic heterocycles. The Hall–Kier alpha value is -3.42. The minimum Gasteiger partial charge on any atom is -0.465 e. The average molecular weight is 850 g/mol. The molecule has 3 aromatic carbocycles. The van der Waals surface area contributed by atoms with E-state index in [1.807, 2.05) is 18.2 Å². The molecule has 0 unspecified atom stereocenters. The van der Waals surface area contributed by atoms with Crippen LogP contribution in [0.4, 0.5) is 0 Å². The number of hydrogen-bond donors (Lipinski definition) is 4. The van der Waals surface area contributed by atoms with E-state index in [0.717, 1.165) is 19.0 Å². The number of nitrogens with two attached hydrogens (primary N) is 1. The molecule has 0 heterocycles. The van der Waals surface area contributed by atoms with Crippen LogP contribution in [0.5, 0.6) is 0 Å². The maximum absolute atomic E-state index is 12.9. The van der Waals surface area contributed by atoms with Gasteiger partial charge in [0.05, 0.1) is 13.2 Å². The Morgan fingerprint density at radius 2 is 1.30 bits per heavy atom. The molecule has 0 radical (unpaired) electrons. The molecule has 5 N–H and O–H groups in total. The molecule has 53 heavy (non-hydrogen) atoms. The molecule has 0 bridgehead atoms. The van der Waals surface area contributed by atoms with E-state index in [0.29, 0.717) is 6.54 Å². The van der Waals surface area contributed by atoms with Crippen molar-refractivity contribution in [2.75, 3.05) is 44.0 Å². The summed E-state index contributed by atoms with van der Waals surface area (Å²) < 4.78 is 9.74. The van der Waals surface area contributed by atoms with Crippen molar-refractivity contribution in [2.45, 2.75) is 51.6 Å². The molecule has 11 nitrogen and oxygen atoms in total. The zero-order valence-electron chi connectivity index (χ0n) is 30.2. The Bertz CT molecular complexity index is 1530. The van der Waals surface area contributed by atoms with Crippen LogP contribution in [0.1, 0.15) is 39.5 Å². The average Bonchev–Trinajstić information content (AvgIpc) is 3.18. The van der Waals surface area contributed by atoms with Gasteiger partial charge in [0.25, 0.3) is 0 Å². The quantitative estimate of drug-likeness (QED) is 0.0476. The SMILES string of the molecule is CCOC(=O)CNC(=O)[C@H](CSSCC(=O)NCCCCP(Br)(c1ccccc1)(c1ccccc1)c1ccccc1)NC(=O)CC[C@H](N)C(=O)OCC. The summed E-state index contributed by atoms with van der Waals surface area (Å²) in [5, 5.41) is 8.83. The van der Waals surface area contributed by atoms with E-state index < -0.39 is 41.1 Å². The molecule has 0 aliphatic carbocycles. The van der Waals surface area contributed by atoms with Crippen LogP contribution in [0.25, 0.3) is 0 Å². The van der Waals surface area contributed by atoms with Crippen molar-refractivity contribution in [1.82, 2.24) is 16.0 Å². The van der Waals surface area contributed by atoms with Crippen LogP contribution in [0.15, 0.2) is 91.0 Å². The summed E-state index contributed by atoms with van der Waals surface area (Å²) in [7, 11) is 2.50. The van der Waals surface area contributed by atoms with Crippen LogP contribution in [0.3, 0.4) is 0 Å². The second kappa shape index (κ2) is 22.7. The molecule has 0 aliphatic rings. The van der Waals surface area contributed by atoms with Gasteiger partial charge in [-0.15, -0.1) is 0 Å². The van der Waals surface area contributed by atoms with Crippen LogP contribution in [0.2, 0.25) is 0 Å². The predicted molar refractivity (Wildman–Crippen MR) is 222 cm³/mol. The van der Waals surface area contributed by atoms with Crippen LogP contribution in [-0.4, -0.2) is 85.7 Å². The van der Waals surface area contributed by atoms with E-state index in [4.69, 9.17) is 15.2 Å². The summed E-state index contributed by atoms with van der Waals surface area (Å²) in [5.74, 6) is -2.17. The van der Waals surface area contributed by atoms with Gasteiger partial charge in [0, 0.05) is 6.42 Å². The molecule has 0 saturated heterocycles. The van der Waals surface area contributed by atoms with Crippen LogP contribution in [0, 0.1) is 0 Å². The Balaban J connectivity index is 1.54. The number of amides is 3. The second-order valence-corrected chi connectivity index (χ2v) is 23.6. The second-order valence-electron chi connectivity index (χ2n) is 12.1. The molecule has 3 aromatic rings. The summed E-state index contributed by atoms with van der Waals surface area (Å²) >= 11 is 4.46. The van der Waals surface area contributed by atoms with Crippen molar-refractivity contribution >= 4 is 88.0 Å². The van der Waals surface area contributed by atoms with Crippen LogP contribution < -0.4 is 37.6 Å². The zero-order chi connectivity index (χ0) is 38.6. The topological polar surface area (TPSA) is 166 Å². The smallest absolute Gasteiger partial charge is 0.465 e. The Morgan fingerprint density at radius 1 is 0.755 bits per heavy atom. The Morgan fingerprint density at radius 3 is 1.83 bits per heavy atom. The number of unbranched alkanes of at least 4 members (excludes halogenated alkanes) is 1. The molecular formula is C38H50BrN4O7PS2. The van der Waals surface area contributed by atoms with E-state index >= 15 is 0 Å². The molecule has 0 saturated carbocycles. The van der Waals surface area contributed by atoms with Gasteiger partial charge in [-0.3, -0.25) is 19.2 Å². The predicted octanol–water partition coefficient (Wildman–Crippen LogP) is 3.94. The number of ether oxygens (including phenoxy) is 2. The first kappa shape index (κ1) is 44.0. The number of benzene rings is 3. The van der Waals surface area contributed by atoms with Gasteiger partial charge in [-0.05, 0) is 20.3 Å². The molecule has 3 rings (SSSR count). The van der Waals surface area contributed by atoms with Crippen molar-refractivity contribution in [3.63, 3.8) is 0 Å². The third kappa shape index (κ3) is 13.1. The Labute approximate surface area is 328 Å². The van der Waals surface area contributed by atoms with Gasteiger partial charge < -0.3 is 20.5 Å². The third-order valence-electron chi connectivity index (χ3n) is 8.35. The Kier molecular flexibility index (Phi) is 18.9. The van der Waals surface area contributed by atoms with Crippen molar-refractivity contribution in [2.24, 2.45) is 5.73 Å². The van der Waals surface area contributed by atoms with Gasteiger partial charge in [0.15, 0.2) is 0 Å².